The van der Waals surface area contributed by atoms with Crippen molar-refractivity contribution in [3.05, 3.63) is 73.1 Å². The lowest BCUT2D eigenvalue weighted by atomic mass is 10.2. The highest BCUT2D eigenvalue weighted by molar-refractivity contribution is 6.00. The lowest BCUT2D eigenvalue weighted by molar-refractivity contribution is 0.262. The number of methoxy groups -OCH3 is 2. The van der Waals surface area contributed by atoms with Gasteiger partial charge >= 0.3 is 6.03 Å². The van der Waals surface area contributed by atoms with Gasteiger partial charge in [0.15, 0.2) is 11.5 Å². The molecule has 0 spiro atoms. The SMILES string of the molecule is COc1ccc(NC(=O)Nc2ccc(Nc3cc(-n4ccnc4C)ncn3)cc2)cc1OC. The number of amides is 2. The number of aromatic nitrogens is 4. The summed E-state index contributed by atoms with van der Waals surface area (Å²) in [5.74, 6) is 3.30. The second kappa shape index (κ2) is 9.69. The maximum atomic E-state index is 12.4. The molecule has 0 radical (unpaired) electrons. The average molecular weight is 445 g/mol. The number of ether oxygens (including phenoxy) is 2. The monoisotopic (exact) mass is 445 g/mol. The quantitative estimate of drug-likeness (QED) is 0.387. The van der Waals surface area contributed by atoms with Crippen LogP contribution in [0.3, 0.4) is 0 Å². The Morgan fingerprint density at radius 1 is 0.848 bits per heavy atom. The van der Waals surface area contributed by atoms with Gasteiger partial charge < -0.3 is 25.4 Å². The van der Waals surface area contributed by atoms with Crippen molar-refractivity contribution < 1.29 is 14.3 Å². The van der Waals surface area contributed by atoms with E-state index in [-0.39, 0.29) is 6.03 Å². The third-order valence-electron chi connectivity index (χ3n) is 4.78. The van der Waals surface area contributed by atoms with Gasteiger partial charge in [-0.2, -0.15) is 0 Å². The molecule has 0 saturated carbocycles. The number of benzene rings is 2. The van der Waals surface area contributed by atoms with Crippen LogP contribution < -0.4 is 25.4 Å². The number of imidazole rings is 1. The Labute approximate surface area is 190 Å². The third kappa shape index (κ3) is 5.18. The zero-order valence-electron chi connectivity index (χ0n) is 18.4. The van der Waals surface area contributed by atoms with Crippen LogP contribution in [-0.4, -0.2) is 39.8 Å². The van der Waals surface area contributed by atoms with E-state index in [9.17, 15) is 4.79 Å². The van der Waals surface area contributed by atoms with Crippen LogP contribution in [0.1, 0.15) is 5.82 Å². The second-order valence-corrected chi connectivity index (χ2v) is 6.96. The molecule has 10 nitrogen and oxygen atoms in total. The van der Waals surface area contributed by atoms with Crippen LogP contribution in [0, 0.1) is 6.92 Å². The molecule has 4 aromatic rings. The molecule has 0 unspecified atom stereocenters. The highest BCUT2D eigenvalue weighted by Gasteiger charge is 2.08. The predicted octanol–water partition coefficient (Wildman–Crippen LogP) is 4.38. The number of hydrogen-bond donors (Lipinski definition) is 3. The van der Waals surface area contributed by atoms with Crippen molar-refractivity contribution in [2.75, 3.05) is 30.2 Å². The minimum absolute atomic E-state index is 0.376. The Morgan fingerprint density at radius 3 is 2.24 bits per heavy atom. The third-order valence-corrected chi connectivity index (χ3v) is 4.78. The van der Waals surface area contributed by atoms with Crippen LogP contribution in [-0.2, 0) is 0 Å². The number of nitrogens with one attached hydrogen (secondary N) is 3. The average Bonchev–Trinajstić information content (AvgIpc) is 3.26. The number of carbonyl (C=O) groups excluding carboxylic acids is 1. The first kappa shape index (κ1) is 21.6. The number of aryl methyl sites for hydroxylation is 1. The molecule has 4 rings (SSSR count). The summed E-state index contributed by atoms with van der Waals surface area (Å²) in [6.45, 7) is 1.90. The number of anilines is 4. The van der Waals surface area contributed by atoms with Crippen LogP contribution in [0.4, 0.5) is 27.7 Å². The normalized spacial score (nSPS) is 10.4. The topological polar surface area (TPSA) is 115 Å². The van der Waals surface area contributed by atoms with Crippen LogP contribution in [0.5, 0.6) is 11.5 Å². The lowest BCUT2D eigenvalue weighted by Crippen LogP contribution is -2.19. The Hall–Kier alpha value is -4.60. The summed E-state index contributed by atoms with van der Waals surface area (Å²) in [5, 5.41) is 8.80. The molecule has 10 heteroatoms. The Balaban J connectivity index is 1.38. The van der Waals surface area contributed by atoms with Crippen LogP contribution in [0.15, 0.2) is 67.3 Å². The zero-order valence-corrected chi connectivity index (χ0v) is 18.4. The Bertz CT molecular complexity index is 1260. The van der Waals surface area contributed by atoms with E-state index in [0.717, 1.165) is 11.5 Å². The molecule has 0 aliphatic carbocycles. The van der Waals surface area contributed by atoms with Gasteiger partial charge in [0.2, 0.25) is 0 Å². The molecule has 3 N–H and O–H groups in total. The van der Waals surface area contributed by atoms with E-state index in [1.54, 1.807) is 50.7 Å². The second-order valence-electron chi connectivity index (χ2n) is 6.96. The number of rotatable bonds is 7. The number of nitrogens with zero attached hydrogens (tertiary/aromatic N) is 4. The molecule has 0 atom stereocenters. The molecule has 0 aliphatic rings. The first-order chi connectivity index (χ1) is 16.1. The molecule has 0 saturated heterocycles. The first-order valence-electron chi connectivity index (χ1n) is 10.0. The van der Waals surface area contributed by atoms with Gasteiger partial charge in [0.1, 0.15) is 23.8 Å². The van der Waals surface area contributed by atoms with Crippen molar-refractivity contribution in [2.45, 2.75) is 6.92 Å². The highest BCUT2D eigenvalue weighted by Crippen LogP contribution is 2.29. The van der Waals surface area contributed by atoms with Gasteiger partial charge in [-0.05, 0) is 43.3 Å². The van der Waals surface area contributed by atoms with Crippen molar-refractivity contribution in [3.8, 4) is 17.3 Å². The molecule has 2 amide bonds. The van der Waals surface area contributed by atoms with Crippen LogP contribution in [0.2, 0.25) is 0 Å². The van der Waals surface area contributed by atoms with Gasteiger partial charge in [0, 0.05) is 41.6 Å². The summed E-state index contributed by atoms with van der Waals surface area (Å²) in [5.41, 5.74) is 2.03. The van der Waals surface area contributed by atoms with E-state index in [1.807, 2.05) is 35.9 Å². The first-order valence-corrected chi connectivity index (χ1v) is 10.0. The molecular weight excluding hydrogens is 422 g/mol. The summed E-state index contributed by atoms with van der Waals surface area (Å²) in [6, 6.07) is 13.9. The van der Waals surface area contributed by atoms with E-state index in [2.05, 4.69) is 30.9 Å². The summed E-state index contributed by atoms with van der Waals surface area (Å²) in [7, 11) is 3.10. The fourth-order valence-corrected chi connectivity index (χ4v) is 3.16. The van der Waals surface area contributed by atoms with Crippen LogP contribution >= 0.6 is 0 Å². The molecule has 2 heterocycles. The maximum Gasteiger partial charge on any atom is 0.323 e. The largest absolute Gasteiger partial charge is 0.493 e. The predicted molar refractivity (Wildman–Crippen MR) is 126 cm³/mol. The molecular formula is C23H23N7O3. The van der Waals surface area contributed by atoms with Crippen molar-refractivity contribution >= 4 is 28.9 Å². The van der Waals surface area contributed by atoms with Crippen molar-refractivity contribution in [1.82, 2.24) is 19.5 Å². The van der Waals surface area contributed by atoms with Gasteiger partial charge in [-0.15, -0.1) is 0 Å². The molecule has 33 heavy (non-hydrogen) atoms. The molecule has 168 valence electrons. The van der Waals surface area contributed by atoms with Crippen molar-refractivity contribution in [1.29, 1.82) is 0 Å². The van der Waals surface area contributed by atoms with E-state index < -0.39 is 0 Å². The fourth-order valence-electron chi connectivity index (χ4n) is 3.16. The number of hydrogen-bond acceptors (Lipinski definition) is 7. The summed E-state index contributed by atoms with van der Waals surface area (Å²) < 4.78 is 12.3. The minimum atomic E-state index is -0.376. The number of carbonyl (C=O) groups is 1. The summed E-state index contributed by atoms with van der Waals surface area (Å²) in [4.78, 5) is 25.1. The fraction of sp³-hybridized carbons (Fsp3) is 0.130. The molecule has 0 aliphatic heterocycles. The van der Waals surface area contributed by atoms with Gasteiger partial charge in [0.25, 0.3) is 0 Å². The van der Waals surface area contributed by atoms with Gasteiger partial charge in [-0.25, -0.2) is 19.7 Å². The molecule has 2 aromatic carbocycles. The Kier molecular flexibility index (Phi) is 6.35. The van der Waals surface area contributed by atoms with Crippen molar-refractivity contribution in [2.24, 2.45) is 0 Å². The zero-order chi connectivity index (χ0) is 23.2. The smallest absolute Gasteiger partial charge is 0.323 e. The van der Waals surface area contributed by atoms with Crippen LogP contribution in [0.25, 0.3) is 5.82 Å². The van der Waals surface area contributed by atoms with E-state index >= 15 is 0 Å². The molecule has 0 fully saturated rings. The standard InChI is InChI=1S/C23H23N7O3/c1-15-24-10-11-30(15)22-13-21(25-14-26-22)27-16-4-6-17(7-5-16)28-23(31)29-18-8-9-19(32-2)20(12-18)33-3/h4-14H,1-3H3,(H,25,26,27)(H2,28,29,31). The molecule has 2 aromatic heterocycles. The summed E-state index contributed by atoms with van der Waals surface area (Å²) in [6.07, 6.45) is 5.05. The van der Waals surface area contributed by atoms with Crippen molar-refractivity contribution in [3.63, 3.8) is 0 Å². The Morgan fingerprint density at radius 2 is 1.55 bits per heavy atom. The van der Waals surface area contributed by atoms with Gasteiger partial charge in [-0.1, -0.05) is 0 Å². The highest BCUT2D eigenvalue weighted by atomic mass is 16.5. The van der Waals surface area contributed by atoms with E-state index in [0.29, 0.717) is 34.5 Å². The molecule has 0 bridgehead atoms. The minimum Gasteiger partial charge on any atom is -0.493 e. The maximum absolute atomic E-state index is 12.4. The van der Waals surface area contributed by atoms with E-state index in [1.165, 1.54) is 6.33 Å². The van der Waals surface area contributed by atoms with E-state index in [4.69, 9.17) is 9.47 Å². The van der Waals surface area contributed by atoms with Gasteiger partial charge in [0.05, 0.1) is 14.2 Å². The van der Waals surface area contributed by atoms with Gasteiger partial charge in [-0.3, -0.25) is 4.57 Å². The lowest BCUT2D eigenvalue weighted by Gasteiger charge is -2.12. The summed E-state index contributed by atoms with van der Waals surface area (Å²) >= 11 is 0. The number of urea groups is 1.